The molecule has 4 nitrogen and oxygen atoms in total. The highest BCUT2D eigenvalue weighted by atomic mass is 32.2. The summed E-state index contributed by atoms with van der Waals surface area (Å²) in [6, 6.07) is 14.0. The molecule has 2 aromatic carbocycles. The molecule has 1 atom stereocenters. The van der Waals surface area contributed by atoms with Crippen molar-refractivity contribution < 1.29 is 13.2 Å². The zero-order valence-corrected chi connectivity index (χ0v) is 12.3. The third kappa shape index (κ3) is 3.19. The van der Waals surface area contributed by atoms with Crippen molar-refractivity contribution in [2.24, 2.45) is 0 Å². The van der Waals surface area contributed by atoms with Crippen LogP contribution in [0.4, 0.5) is 4.39 Å². The largest absolute Gasteiger partial charge is 0.294 e. The predicted molar refractivity (Wildman–Crippen MR) is 84.7 cm³/mol. The van der Waals surface area contributed by atoms with E-state index in [0.717, 1.165) is 22.1 Å². The summed E-state index contributed by atoms with van der Waals surface area (Å²) in [7, 11) is 0. The van der Waals surface area contributed by atoms with Gasteiger partial charge in [-0.25, -0.2) is 13.3 Å². The first-order chi connectivity index (χ1) is 10.6. The maximum Gasteiger partial charge on any atom is 0.232 e. The highest BCUT2D eigenvalue weighted by Gasteiger charge is 2.06. The van der Waals surface area contributed by atoms with E-state index in [4.69, 9.17) is 4.55 Å². The fourth-order valence-corrected chi connectivity index (χ4v) is 2.61. The van der Waals surface area contributed by atoms with Gasteiger partial charge in [0.05, 0.1) is 5.52 Å². The number of benzene rings is 2. The number of aromatic nitrogens is 1. The minimum atomic E-state index is -2.02. The average Bonchev–Trinajstić information content (AvgIpc) is 2.52. The van der Waals surface area contributed by atoms with Crippen molar-refractivity contribution in [3.05, 3.63) is 66.1 Å². The second-order valence-corrected chi connectivity index (χ2v) is 5.57. The van der Waals surface area contributed by atoms with Gasteiger partial charge in [0, 0.05) is 24.2 Å². The summed E-state index contributed by atoms with van der Waals surface area (Å²) in [6.45, 7) is 0.311. The van der Waals surface area contributed by atoms with Gasteiger partial charge < -0.3 is 0 Å². The first kappa shape index (κ1) is 14.8. The first-order valence-electron chi connectivity index (χ1n) is 6.61. The van der Waals surface area contributed by atoms with Gasteiger partial charge in [-0.15, -0.1) is 0 Å². The Kier molecular flexibility index (Phi) is 4.24. The van der Waals surface area contributed by atoms with Gasteiger partial charge in [0.2, 0.25) is 11.3 Å². The van der Waals surface area contributed by atoms with E-state index >= 15 is 0 Å². The lowest BCUT2D eigenvalue weighted by Crippen LogP contribution is -2.15. The van der Waals surface area contributed by atoms with Gasteiger partial charge in [-0.2, -0.15) is 0 Å². The number of hydrogen-bond donors (Lipinski definition) is 2. The minimum absolute atomic E-state index is 0.310. The fourth-order valence-electron chi connectivity index (χ4n) is 2.32. The molecule has 0 spiro atoms. The zero-order chi connectivity index (χ0) is 15.5. The molecule has 0 amide bonds. The minimum Gasteiger partial charge on any atom is -0.294 e. The molecule has 6 heteroatoms. The molecule has 3 rings (SSSR count). The Hall–Kier alpha value is -2.15. The van der Waals surface area contributed by atoms with Gasteiger partial charge in [0.25, 0.3) is 0 Å². The molecule has 1 unspecified atom stereocenters. The van der Waals surface area contributed by atoms with E-state index in [0.29, 0.717) is 12.1 Å². The Morgan fingerprint density at radius 3 is 2.64 bits per heavy atom. The first-order valence-corrected chi connectivity index (χ1v) is 7.72. The molecule has 0 fully saturated rings. The Bertz CT molecular complexity index is 837. The van der Waals surface area contributed by atoms with Crippen LogP contribution in [0.3, 0.4) is 0 Å². The average molecular weight is 316 g/mol. The maximum absolute atomic E-state index is 13.3. The molecule has 3 aromatic rings. The van der Waals surface area contributed by atoms with Crippen molar-refractivity contribution >= 4 is 22.2 Å². The lowest BCUT2D eigenvalue weighted by atomic mass is 10.0. The second kappa shape index (κ2) is 6.31. The number of fused-ring (bicyclic) bond motifs is 1. The Morgan fingerprint density at radius 1 is 1.14 bits per heavy atom. The summed E-state index contributed by atoms with van der Waals surface area (Å²) in [4.78, 5) is 4.18. The SMILES string of the molecule is O=S(O)NCc1ccc(-c2ccnc3cc(F)ccc23)cc1. The number of hydrogen-bond acceptors (Lipinski definition) is 2. The molecular formula is C16H13FN2O2S. The Morgan fingerprint density at radius 2 is 1.91 bits per heavy atom. The highest BCUT2D eigenvalue weighted by molar-refractivity contribution is 7.77. The quantitative estimate of drug-likeness (QED) is 0.726. The third-order valence-electron chi connectivity index (χ3n) is 3.37. The van der Waals surface area contributed by atoms with Gasteiger partial charge in [-0.1, -0.05) is 24.3 Å². The third-order valence-corrected chi connectivity index (χ3v) is 3.76. The number of halogens is 1. The monoisotopic (exact) mass is 316 g/mol. The van der Waals surface area contributed by atoms with Crippen LogP contribution in [0.1, 0.15) is 5.56 Å². The molecule has 112 valence electrons. The normalized spacial score (nSPS) is 12.5. The molecule has 0 saturated carbocycles. The van der Waals surface area contributed by atoms with Crippen LogP contribution in [0.5, 0.6) is 0 Å². The molecule has 22 heavy (non-hydrogen) atoms. The van der Waals surface area contributed by atoms with Crippen molar-refractivity contribution in [2.45, 2.75) is 6.54 Å². The van der Waals surface area contributed by atoms with Crippen LogP contribution < -0.4 is 4.72 Å². The topological polar surface area (TPSA) is 62.2 Å². The van der Waals surface area contributed by atoms with Gasteiger partial charge in [0.1, 0.15) is 5.82 Å². The lowest BCUT2D eigenvalue weighted by molar-refractivity contribution is 0.548. The smallest absolute Gasteiger partial charge is 0.232 e. The Labute approximate surface area is 129 Å². The van der Waals surface area contributed by atoms with E-state index in [9.17, 15) is 8.60 Å². The molecule has 0 bridgehead atoms. The predicted octanol–water partition coefficient (Wildman–Crippen LogP) is 3.27. The molecule has 1 heterocycles. The lowest BCUT2D eigenvalue weighted by Gasteiger charge is -2.08. The van der Waals surface area contributed by atoms with Gasteiger partial charge in [0.15, 0.2) is 0 Å². The summed E-state index contributed by atoms with van der Waals surface area (Å²) in [6.07, 6.45) is 1.65. The highest BCUT2D eigenvalue weighted by Crippen LogP contribution is 2.28. The van der Waals surface area contributed by atoms with E-state index in [2.05, 4.69) is 9.71 Å². The molecule has 0 aliphatic carbocycles. The molecule has 2 N–H and O–H groups in total. The molecular weight excluding hydrogens is 303 g/mol. The second-order valence-electron chi connectivity index (χ2n) is 4.79. The van der Waals surface area contributed by atoms with E-state index in [1.807, 2.05) is 30.3 Å². The van der Waals surface area contributed by atoms with Crippen LogP contribution in [-0.2, 0) is 17.8 Å². The summed E-state index contributed by atoms with van der Waals surface area (Å²) in [5, 5.41) is 0.881. The van der Waals surface area contributed by atoms with Crippen molar-refractivity contribution in [2.75, 3.05) is 0 Å². The van der Waals surface area contributed by atoms with E-state index in [1.54, 1.807) is 12.3 Å². The van der Waals surface area contributed by atoms with Crippen LogP contribution in [0.25, 0.3) is 22.0 Å². The zero-order valence-electron chi connectivity index (χ0n) is 11.5. The van der Waals surface area contributed by atoms with Gasteiger partial charge in [-0.05, 0) is 34.9 Å². The summed E-state index contributed by atoms with van der Waals surface area (Å²) >= 11 is -2.02. The van der Waals surface area contributed by atoms with Crippen LogP contribution in [0.15, 0.2) is 54.7 Å². The molecule has 0 saturated heterocycles. The summed E-state index contributed by atoms with van der Waals surface area (Å²) < 4.78 is 35.0. The molecule has 0 radical (unpaired) electrons. The van der Waals surface area contributed by atoms with Crippen molar-refractivity contribution in [1.29, 1.82) is 0 Å². The van der Waals surface area contributed by atoms with E-state index < -0.39 is 11.3 Å². The number of nitrogens with zero attached hydrogens (tertiary/aromatic N) is 1. The number of nitrogens with one attached hydrogen (secondary N) is 1. The van der Waals surface area contributed by atoms with E-state index in [1.165, 1.54) is 12.1 Å². The fraction of sp³-hybridized carbons (Fsp3) is 0.0625. The summed E-state index contributed by atoms with van der Waals surface area (Å²) in [5.74, 6) is -0.310. The maximum atomic E-state index is 13.3. The summed E-state index contributed by atoms with van der Waals surface area (Å²) in [5.41, 5.74) is 3.46. The van der Waals surface area contributed by atoms with Crippen molar-refractivity contribution in [1.82, 2.24) is 9.71 Å². The van der Waals surface area contributed by atoms with Crippen molar-refractivity contribution in [3.8, 4) is 11.1 Å². The van der Waals surface area contributed by atoms with Crippen LogP contribution in [0.2, 0.25) is 0 Å². The number of rotatable bonds is 4. The van der Waals surface area contributed by atoms with Gasteiger partial charge >= 0.3 is 0 Å². The molecule has 0 aliphatic heterocycles. The molecule has 1 aromatic heterocycles. The standard InChI is InChI=1S/C16H13FN2O2S/c17-13-5-6-15-14(7-8-18-16(15)9-13)12-3-1-11(2-4-12)10-19-22(20)21/h1-9,19H,10H2,(H,20,21). The van der Waals surface area contributed by atoms with Crippen LogP contribution >= 0.6 is 0 Å². The molecule has 0 aliphatic rings. The van der Waals surface area contributed by atoms with Crippen LogP contribution in [0, 0.1) is 5.82 Å². The van der Waals surface area contributed by atoms with Crippen molar-refractivity contribution in [3.63, 3.8) is 0 Å². The van der Waals surface area contributed by atoms with E-state index in [-0.39, 0.29) is 5.82 Å². The Balaban J connectivity index is 1.96. The van der Waals surface area contributed by atoms with Crippen LogP contribution in [-0.4, -0.2) is 13.7 Å². The number of pyridine rings is 1. The van der Waals surface area contributed by atoms with Gasteiger partial charge in [-0.3, -0.25) is 9.54 Å².